The number of nitrogens with one attached hydrogen (secondary N) is 2. The van der Waals surface area contributed by atoms with Crippen LogP contribution in [0, 0.1) is 0 Å². The average Bonchev–Trinajstić information content (AvgIpc) is 3.35. The number of rotatable bonds is 10. The zero-order chi connectivity index (χ0) is 32.7. The second-order valence-electron chi connectivity index (χ2n) is 11.2. The topological polar surface area (TPSA) is 151 Å². The van der Waals surface area contributed by atoms with Crippen LogP contribution in [0.25, 0.3) is 0 Å². The molecule has 0 saturated carbocycles. The van der Waals surface area contributed by atoms with Crippen molar-refractivity contribution in [1.29, 1.82) is 0 Å². The molecule has 1 aliphatic heterocycles. The summed E-state index contributed by atoms with van der Waals surface area (Å²) in [5, 5.41) is 14.1. The number of ether oxygens (including phenoxy) is 2. The van der Waals surface area contributed by atoms with Crippen LogP contribution in [0.4, 0.5) is 15.5 Å². The van der Waals surface area contributed by atoms with Gasteiger partial charge in [0.15, 0.2) is 0 Å². The molecule has 13 heteroatoms. The maximum Gasteiger partial charge on any atom is 0.410 e. The van der Waals surface area contributed by atoms with E-state index in [4.69, 9.17) is 14.6 Å². The van der Waals surface area contributed by atoms with Gasteiger partial charge in [-0.1, -0.05) is 36.4 Å². The summed E-state index contributed by atoms with van der Waals surface area (Å²) in [6, 6.07) is 16.1. The van der Waals surface area contributed by atoms with E-state index in [1.54, 1.807) is 49.9 Å². The number of carboxylic acids is 1. The molecule has 2 heterocycles. The van der Waals surface area contributed by atoms with Gasteiger partial charge in [-0.3, -0.25) is 14.4 Å². The van der Waals surface area contributed by atoms with E-state index in [0.717, 1.165) is 10.4 Å². The Bertz CT molecular complexity index is 1580. The van der Waals surface area contributed by atoms with Gasteiger partial charge in [0.05, 0.1) is 25.6 Å². The number of aliphatic carboxylic acids is 1. The molecule has 1 aliphatic rings. The van der Waals surface area contributed by atoms with Crippen molar-refractivity contribution in [2.45, 2.75) is 62.3 Å². The molecule has 3 amide bonds. The predicted octanol–water partition coefficient (Wildman–Crippen LogP) is 6.10. The Morgan fingerprint density at radius 1 is 1.02 bits per heavy atom. The van der Waals surface area contributed by atoms with Crippen molar-refractivity contribution in [3.63, 3.8) is 0 Å². The predicted molar refractivity (Wildman–Crippen MR) is 172 cm³/mol. The smallest absolute Gasteiger partial charge is 0.410 e. The molecule has 0 bridgehead atoms. The van der Waals surface area contributed by atoms with Gasteiger partial charge in [-0.05, 0) is 56.5 Å². The number of nitrogens with zero attached hydrogens (tertiary/aromatic N) is 1. The second kappa shape index (κ2) is 14.6. The Hall–Kier alpha value is -4.36. The molecule has 2 aromatic carbocycles. The summed E-state index contributed by atoms with van der Waals surface area (Å²) in [6.07, 6.45) is -0.500. The molecule has 0 radical (unpaired) electrons. The Morgan fingerprint density at radius 2 is 1.76 bits per heavy atom. The van der Waals surface area contributed by atoms with Crippen molar-refractivity contribution >= 4 is 63.6 Å². The summed E-state index contributed by atoms with van der Waals surface area (Å²) in [4.78, 5) is 65.7. The molecule has 4 rings (SSSR count). The second-order valence-corrected chi connectivity index (χ2v) is 13.5. The number of amides is 3. The van der Waals surface area contributed by atoms with Crippen LogP contribution in [0.3, 0.4) is 0 Å². The summed E-state index contributed by atoms with van der Waals surface area (Å²) in [6.45, 7) is 5.97. The third-order valence-electron chi connectivity index (χ3n) is 6.61. The number of carboxylic acid groups (broad SMARTS) is 1. The minimum absolute atomic E-state index is 0.162. The molecular weight excluding hydrogens is 618 g/mol. The number of esters is 1. The Morgan fingerprint density at radius 3 is 2.42 bits per heavy atom. The minimum atomic E-state index is -1.06. The first-order valence-corrected chi connectivity index (χ1v) is 15.9. The first-order chi connectivity index (χ1) is 21.3. The van der Waals surface area contributed by atoms with E-state index in [-0.39, 0.29) is 30.9 Å². The zero-order valence-electron chi connectivity index (χ0n) is 25.4. The highest BCUT2D eigenvalue weighted by molar-refractivity contribution is 8.00. The standard InChI is InChI=1S/C32H35N3O8S2/c1-32(2,3)43-31(41)35-16-15-22-23(18-35)45-29(26(22)30(40)42-4)34-28(39)27(19-9-6-5-7-10-19)44-21-12-8-11-20(17-21)33-24(36)13-14-25(37)38/h5-12,17,27H,13-16,18H2,1-4H3,(H,33,36)(H,34,39)(H,37,38). The molecule has 11 nitrogen and oxygen atoms in total. The number of carbonyl (C=O) groups is 5. The van der Waals surface area contributed by atoms with Crippen molar-refractivity contribution in [2.75, 3.05) is 24.3 Å². The number of fused-ring (bicyclic) bond motifs is 1. The fraction of sp³-hybridized carbons (Fsp3) is 0.344. The van der Waals surface area contributed by atoms with Crippen LogP contribution < -0.4 is 10.6 Å². The first-order valence-electron chi connectivity index (χ1n) is 14.2. The summed E-state index contributed by atoms with van der Waals surface area (Å²) in [5.41, 5.74) is 1.54. The first kappa shape index (κ1) is 33.5. The quantitative estimate of drug-likeness (QED) is 0.174. The monoisotopic (exact) mass is 653 g/mol. The van der Waals surface area contributed by atoms with Gasteiger partial charge in [0, 0.05) is 28.4 Å². The highest BCUT2D eigenvalue weighted by Gasteiger charge is 2.33. The maximum absolute atomic E-state index is 13.9. The van der Waals surface area contributed by atoms with Crippen molar-refractivity contribution in [2.24, 2.45) is 0 Å². The van der Waals surface area contributed by atoms with E-state index in [2.05, 4.69) is 10.6 Å². The fourth-order valence-electron chi connectivity index (χ4n) is 4.60. The highest BCUT2D eigenvalue weighted by atomic mass is 32.2. The summed E-state index contributed by atoms with van der Waals surface area (Å²) >= 11 is 2.48. The van der Waals surface area contributed by atoms with Gasteiger partial charge in [-0.25, -0.2) is 9.59 Å². The maximum atomic E-state index is 13.9. The molecule has 1 aromatic heterocycles. The Labute approximate surface area is 269 Å². The number of hydrogen-bond donors (Lipinski definition) is 3. The van der Waals surface area contributed by atoms with Crippen LogP contribution in [-0.4, -0.2) is 59.1 Å². The number of benzene rings is 2. The lowest BCUT2D eigenvalue weighted by Crippen LogP contribution is -2.39. The molecule has 3 N–H and O–H groups in total. The molecular formula is C32H35N3O8S2. The molecule has 238 valence electrons. The van der Waals surface area contributed by atoms with Gasteiger partial charge in [-0.15, -0.1) is 23.1 Å². The lowest BCUT2D eigenvalue weighted by atomic mass is 10.0. The molecule has 3 aromatic rings. The van der Waals surface area contributed by atoms with E-state index in [0.29, 0.717) is 34.1 Å². The van der Waals surface area contributed by atoms with Crippen LogP contribution in [0.1, 0.15) is 65.2 Å². The molecule has 0 aliphatic carbocycles. The minimum Gasteiger partial charge on any atom is -0.481 e. The fourth-order valence-corrected chi connectivity index (χ4v) is 6.94. The molecule has 0 spiro atoms. The SMILES string of the molecule is COC(=O)c1c(NC(=O)C(Sc2cccc(NC(=O)CCC(=O)O)c2)c2ccccc2)sc2c1CCN(C(=O)OC(C)(C)C)C2. The third kappa shape index (κ3) is 9.08. The number of carbonyl (C=O) groups excluding carboxylic acids is 4. The van der Waals surface area contributed by atoms with Crippen molar-refractivity contribution in [1.82, 2.24) is 4.90 Å². The van der Waals surface area contributed by atoms with Gasteiger partial charge in [0.1, 0.15) is 15.9 Å². The number of anilines is 2. The van der Waals surface area contributed by atoms with E-state index in [9.17, 15) is 24.0 Å². The molecule has 0 fully saturated rings. The van der Waals surface area contributed by atoms with E-state index in [1.807, 2.05) is 30.3 Å². The van der Waals surface area contributed by atoms with Crippen molar-refractivity contribution < 1.29 is 38.6 Å². The Balaban J connectivity index is 1.58. The van der Waals surface area contributed by atoms with E-state index >= 15 is 0 Å². The van der Waals surface area contributed by atoms with E-state index in [1.165, 1.54) is 30.2 Å². The molecule has 45 heavy (non-hydrogen) atoms. The number of thiophene rings is 1. The normalized spacial score (nSPS) is 13.3. The third-order valence-corrected chi connectivity index (χ3v) is 8.99. The van der Waals surface area contributed by atoms with Gasteiger partial charge in [0.2, 0.25) is 11.8 Å². The number of methoxy groups -OCH3 is 1. The van der Waals surface area contributed by atoms with Crippen LogP contribution in [0.5, 0.6) is 0 Å². The zero-order valence-corrected chi connectivity index (χ0v) is 27.0. The molecule has 1 atom stereocenters. The Kier molecular flexibility index (Phi) is 10.9. The number of thioether (sulfide) groups is 1. The highest BCUT2D eigenvalue weighted by Crippen LogP contribution is 2.41. The lowest BCUT2D eigenvalue weighted by molar-refractivity contribution is -0.138. The van der Waals surface area contributed by atoms with Crippen molar-refractivity contribution in [3.05, 3.63) is 76.2 Å². The molecule has 0 saturated heterocycles. The summed E-state index contributed by atoms with van der Waals surface area (Å²) in [7, 11) is 1.28. The van der Waals surface area contributed by atoms with Gasteiger partial charge in [0.25, 0.3) is 0 Å². The van der Waals surface area contributed by atoms with Crippen LogP contribution >= 0.6 is 23.1 Å². The van der Waals surface area contributed by atoms with Gasteiger partial charge >= 0.3 is 18.0 Å². The van der Waals surface area contributed by atoms with Crippen LogP contribution in [-0.2, 0) is 36.8 Å². The van der Waals surface area contributed by atoms with Gasteiger partial charge < -0.3 is 30.1 Å². The van der Waals surface area contributed by atoms with Gasteiger partial charge in [-0.2, -0.15) is 0 Å². The molecule has 1 unspecified atom stereocenters. The number of hydrogen-bond acceptors (Lipinski definition) is 9. The average molecular weight is 654 g/mol. The summed E-state index contributed by atoms with van der Waals surface area (Å²) < 4.78 is 10.6. The lowest BCUT2D eigenvalue weighted by Gasteiger charge is -2.30. The summed E-state index contributed by atoms with van der Waals surface area (Å²) in [5.74, 6) is -2.45. The largest absolute Gasteiger partial charge is 0.481 e. The van der Waals surface area contributed by atoms with Crippen LogP contribution in [0.2, 0.25) is 0 Å². The van der Waals surface area contributed by atoms with Crippen LogP contribution in [0.15, 0.2) is 59.5 Å². The van der Waals surface area contributed by atoms with Crippen molar-refractivity contribution in [3.8, 4) is 0 Å². The van der Waals surface area contributed by atoms with E-state index < -0.39 is 34.8 Å².